The lowest BCUT2D eigenvalue weighted by atomic mass is 9.96. The number of nitrogens with zero attached hydrogens (tertiary/aromatic N) is 1. The monoisotopic (exact) mass is 276 g/mol. The standard InChI is InChI=1S/C17H28N2O/c1-13-9-5-4-8-12-19(13)17(14(2)18)15-10-6-7-11-16(15)20-3/h6-7,10-11,13-14,17H,4-5,8-9,12,18H2,1-3H3. The van der Waals surface area contributed by atoms with Crippen LogP contribution in [0.25, 0.3) is 0 Å². The van der Waals surface area contributed by atoms with Gasteiger partial charge in [-0.2, -0.15) is 0 Å². The average Bonchev–Trinajstić information content (AvgIpc) is 2.65. The second kappa shape index (κ2) is 7.09. The summed E-state index contributed by atoms with van der Waals surface area (Å²) in [5, 5.41) is 0. The van der Waals surface area contributed by atoms with E-state index >= 15 is 0 Å². The van der Waals surface area contributed by atoms with E-state index in [0.717, 1.165) is 12.3 Å². The lowest BCUT2D eigenvalue weighted by Crippen LogP contribution is -2.44. The first kappa shape index (κ1) is 15.3. The van der Waals surface area contributed by atoms with Crippen molar-refractivity contribution >= 4 is 0 Å². The lowest BCUT2D eigenvalue weighted by Gasteiger charge is -2.38. The summed E-state index contributed by atoms with van der Waals surface area (Å²) in [4.78, 5) is 2.58. The molecule has 1 saturated heterocycles. The Bertz CT molecular complexity index is 419. The van der Waals surface area contributed by atoms with Crippen LogP contribution >= 0.6 is 0 Å². The maximum atomic E-state index is 6.34. The topological polar surface area (TPSA) is 38.5 Å². The highest BCUT2D eigenvalue weighted by Crippen LogP contribution is 2.34. The zero-order chi connectivity index (χ0) is 14.5. The Kier molecular flexibility index (Phi) is 5.44. The fourth-order valence-electron chi connectivity index (χ4n) is 3.39. The highest BCUT2D eigenvalue weighted by atomic mass is 16.5. The molecule has 1 aliphatic rings. The molecule has 0 aromatic heterocycles. The third-order valence-corrected chi connectivity index (χ3v) is 4.42. The molecule has 1 aromatic carbocycles. The van der Waals surface area contributed by atoms with Gasteiger partial charge in [0, 0.05) is 17.6 Å². The number of rotatable bonds is 4. The van der Waals surface area contributed by atoms with Gasteiger partial charge in [-0.1, -0.05) is 31.0 Å². The van der Waals surface area contributed by atoms with Crippen molar-refractivity contribution < 1.29 is 4.74 Å². The number of methoxy groups -OCH3 is 1. The molecule has 1 fully saturated rings. The van der Waals surface area contributed by atoms with Gasteiger partial charge in [0.05, 0.1) is 13.2 Å². The summed E-state index contributed by atoms with van der Waals surface area (Å²) in [5.74, 6) is 0.950. The van der Waals surface area contributed by atoms with E-state index in [4.69, 9.17) is 10.5 Å². The molecule has 3 unspecified atom stereocenters. The number of hydrogen-bond donors (Lipinski definition) is 1. The number of ether oxygens (including phenoxy) is 1. The van der Waals surface area contributed by atoms with Crippen molar-refractivity contribution in [1.82, 2.24) is 4.90 Å². The van der Waals surface area contributed by atoms with E-state index in [1.807, 2.05) is 12.1 Å². The fourth-order valence-corrected chi connectivity index (χ4v) is 3.39. The Hall–Kier alpha value is -1.06. The van der Waals surface area contributed by atoms with Crippen molar-refractivity contribution in [3.8, 4) is 5.75 Å². The minimum Gasteiger partial charge on any atom is -0.496 e. The van der Waals surface area contributed by atoms with E-state index < -0.39 is 0 Å². The normalized spacial score (nSPS) is 23.9. The fraction of sp³-hybridized carbons (Fsp3) is 0.647. The summed E-state index contributed by atoms with van der Waals surface area (Å²) >= 11 is 0. The van der Waals surface area contributed by atoms with Gasteiger partial charge in [0.1, 0.15) is 5.75 Å². The molecule has 1 heterocycles. The SMILES string of the molecule is COc1ccccc1C(C(C)N)N1CCCCCC1C. The van der Waals surface area contributed by atoms with Crippen molar-refractivity contribution in [3.05, 3.63) is 29.8 Å². The van der Waals surface area contributed by atoms with Crippen LogP contribution in [0.1, 0.15) is 51.1 Å². The van der Waals surface area contributed by atoms with E-state index in [-0.39, 0.29) is 12.1 Å². The van der Waals surface area contributed by atoms with Gasteiger partial charge in [0.25, 0.3) is 0 Å². The number of para-hydroxylation sites is 1. The molecule has 0 amide bonds. The molecule has 0 saturated carbocycles. The van der Waals surface area contributed by atoms with Crippen LogP contribution in [0.3, 0.4) is 0 Å². The second-order valence-electron chi connectivity index (χ2n) is 5.98. The quantitative estimate of drug-likeness (QED) is 0.916. The molecule has 1 aliphatic heterocycles. The minimum absolute atomic E-state index is 0.0897. The molecule has 3 heteroatoms. The Morgan fingerprint density at radius 2 is 2.00 bits per heavy atom. The molecule has 0 spiro atoms. The van der Waals surface area contributed by atoms with Crippen molar-refractivity contribution in [2.24, 2.45) is 5.73 Å². The Labute approximate surface area is 123 Å². The molecular formula is C17H28N2O. The molecule has 0 aliphatic carbocycles. The smallest absolute Gasteiger partial charge is 0.123 e. The van der Waals surface area contributed by atoms with Crippen LogP contribution in [0.2, 0.25) is 0 Å². The highest BCUT2D eigenvalue weighted by molar-refractivity contribution is 5.36. The number of likely N-dealkylation sites (tertiary alicyclic amines) is 1. The predicted molar refractivity (Wildman–Crippen MR) is 84.0 cm³/mol. The number of benzene rings is 1. The van der Waals surface area contributed by atoms with Gasteiger partial charge in [-0.3, -0.25) is 4.90 Å². The molecule has 0 bridgehead atoms. The Balaban J connectivity index is 2.34. The lowest BCUT2D eigenvalue weighted by molar-refractivity contribution is 0.128. The zero-order valence-electron chi connectivity index (χ0n) is 13.0. The first-order valence-corrected chi connectivity index (χ1v) is 7.79. The molecule has 0 radical (unpaired) electrons. The van der Waals surface area contributed by atoms with Crippen molar-refractivity contribution in [2.45, 2.75) is 57.7 Å². The summed E-state index contributed by atoms with van der Waals surface area (Å²) in [6.07, 6.45) is 5.19. The third kappa shape index (κ3) is 3.33. The molecular weight excluding hydrogens is 248 g/mol. The Morgan fingerprint density at radius 3 is 2.70 bits per heavy atom. The summed E-state index contributed by atoms with van der Waals surface area (Å²) in [5.41, 5.74) is 7.56. The van der Waals surface area contributed by atoms with Gasteiger partial charge in [-0.25, -0.2) is 0 Å². The van der Waals surface area contributed by atoms with Crippen LogP contribution in [0, 0.1) is 0 Å². The van der Waals surface area contributed by atoms with Crippen LogP contribution < -0.4 is 10.5 Å². The van der Waals surface area contributed by atoms with E-state index in [1.165, 1.54) is 31.2 Å². The van der Waals surface area contributed by atoms with Crippen molar-refractivity contribution in [2.75, 3.05) is 13.7 Å². The second-order valence-corrected chi connectivity index (χ2v) is 5.98. The first-order chi connectivity index (χ1) is 9.65. The molecule has 1 aromatic rings. The van der Waals surface area contributed by atoms with Gasteiger partial charge in [-0.05, 0) is 39.3 Å². The van der Waals surface area contributed by atoms with E-state index in [0.29, 0.717) is 6.04 Å². The molecule has 112 valence electrons. The van der Waals surface area contributed by atoms with Crippen molar-refractivity contribution in [1.29, 1.82) is 0 Å². The van der Waals surface area contributed by atoms with E-state index in [1.54, 1.807) is 7.11 Å². The summed E-state index contributed by atoms with van der Waals surface area (Å²) in [6, 6.07) is 9.20. The molecule has 2 rings (SSSR count). The molecule has 3 atom stereocenters. The molecule has 2 N–H and O–H groups in total. The maximum absolute atomic E-state index is 6.34. The maximum Gasteiger partial charge on any atom is 0.123 e. The Morgan fingerprint density at radius 1 is 1.25 bits per heavy atom. The average molecular weight is 276 g/mol. The summed E-state index contributed by atoms with van der Waals surface area (Å²) < 4.78 is 5.55. The summed E-state index contributed by atoms with van der Waals surface area (Å²) in [6.45, 7) is 5.57. The van der Waals surface area contributed by atoms with Crippen LogP contribution in [0.15, 0.2) is 24.3 Å². The predicted octanol–water partition coefficient (Wildman–Crippen LogP) is 3.35. The van der Waals surface area contributed by atoms with Crippen LogP contribution in [0.4, 0.5) is 0 Å². The van der Waals surface area contributed by atoms with Gasteiger partial charge in [-0.15, -0.1) is 0 Å². The van der Waals surface area contributed by atoms with E-state index in [2.05, 4.69) is 30.9 Å². The molecule has 20 heavy (non-hydrogen) atoms. The number of nitrogens with two attached hydrogens (primary N) is 1. The third-order valence-electron chi connectivity index (χ3n) is 4.42. The van der Waals surface area contributed by atoms with Gasteiger partial charge in [0.2, 0.25) is 0 Å². The van der Waals surface area contributed by atoms with Crippen LogP contribution in [-0.2, 0) is 0 Å². The summed E-state index contributed by atoms with van der Waals surface area (Å²) in [7, 11) is 1.74. The van der Waals surface area contributed by atoms with E-state index in [9.17, 15) is 0 Å². The zero-order valence-corrected chi connectivity index (χ0v) is 13.0. The van der Waals surface area contributed by atoms with Gasteiger partial charge in [0.15, 0.2) is 0 Å². The molecule has 3 nitrogen and oxygen atoms in total. The van der Waals surface area contributed by atoms with Gasteiger partial charge < -0.3 is 10.5 Å². The number of hydrogen-bond acceptors (Lipinski definition) is 3. The van der Waals surface area contributed by atoms with Crippen LogP contribution in [0.5, 0.6) is 5.75 Å². The first-order valence-electron chi connectivity index (χ1n) is 7.79. The largest absolute Gasteiger partial charge is 0.496 e. The minimum atomic E-state index is 0.0897. The highest BCUT2D eigenvalue weighted by Gasteiger charge is 2.30. The van der Waals surface area contributed by atoms with Crippen molar-refractivity contribution in [3.63, 3.8) is 0 Å². The van der Waals surface area contributed by atoms with Gasteiger partial charge >= 0.3 is 0 Å². The van der Waals surface area contributed by atoms with Crippen LogP contribution in [-0.4, -0.2) is 30.6 Å².